The predicted octanol–water partition coefficient (Wildman–Crippen LogP) is 2.56. The van der Waals surface area contributed by atoms with E-state index in [2.05, 4.69) is 39.4 Å². The van der Waals surface area contributed by atoms with Gasteiger partial charge in [-0.25, -0.2) is 0 Å². The molecular formula is C13H23BrN2. The van der Waals surface area contributed by atoms with Gasteiger partial charge in [0.15, 0.2) is 0 Å². The van der Waals surface area contributed by atoms with E-state index in [9.17, 15) is 0 Å². The Morgan fingerprint density at radius 2 is 2.00 bits per heavy atom. The van der Waals surface area contributed by atoms with Crippen LogP contribution in [0.1, 0.15) is 19.3 Å². The van der Waals surface area contributed by atoms with Crippen LogP contribution in [0.25, 0.3) is 0 Å². The second-order valence-electron chi connectivity index (χ2n) is 5.57. The van der Waals surface area contributed by atoms with E-state index < -0.39 is 0 Å². The highest BCUT2D eigenvalue weighted by Crippen LogP contribution is 2.30. The van der Waals surface area contributed by atoms with Gasteiger partial charge in [0.25, 0.3) is 0 Å². The van der Waals surface area contributed by atoms with Gasteiger partial charge < -0.3 is 4.90 Å². The summed E-state index contributed by atoms with van der Waals surface area (Å²) in [5.41, 5.74) is 0. The van der Waals surface area contributed by atoms with Crippen LogP contribution in [0.3, 0.4) is 0 Å². The van der Waals surface area contributed by atoms with Gasteiger partial charge in [-0.2, -0.15) is 0 Å². The lowest BCUT2D eigenvalue weighted by molar-refractivity contribution is 0.261. The van der Waals surface area contributed by atoms with Crippen molar-refractivity contribution in [1.29, 1.82) is 0 Å². The first kappa shape index (κ1) is 12.6. The summed E-state index contributed by atoms with van der Waals surface area (Å²) in [6.07, 6.45) is 4.28. The van der Waals surface area contributed by atoms with Crippen LogP contribution in [0.15, 0.2) is 11.1 Å². The van der Waals surface area contributed by atoms with Crippen LogP contribution < -0.4 is 0 Å². The highest BCUT2D eigenvalue weighted by molar-refractivity contribution is 9.11. The molecule has 0 aromatic heterocycles. The van der Waals surface area contributed by atoms with Gasteiger partial charge in [-0.1, -0.05) is 22.5 Å². The molecule has 0 aromatic rings. The minimum Gasteiger partial charge on any atom is -0.306 e. The zero-order chi connectivity index (χ0) is 11.5. The fourth-order valence-electron chi connectivity index (χ4n) is 2.70. The molecule has 1 aliphatic carbocycles. The predicted molar refractivity (Wildman–Crippen MR) is 72.8 cm³/mol. The summed E-state index contributed by atoms with van der Waals surface area (Å²) < 4.78 is 1.11. The second kappa shape index (κ2) is 5.65. The highest BCUT2D eigenvalue weighted by Gasteiger charge is 2.26. The Labute approximate surface area is 108 Å². The van der Waals surface area contributed by atoms with Crippen molar-refractivity contribution in [2.45, 2.75) is 19.3 Å². The summed E-state index contributed by atoms with van der Waals surface area (Å²) in [4.78, 5) is 5.04. The van der Waals surface area contributed by atoms with Gasteiger partial charge in [0.2, 0.25) is 0 Å². The monoisotopic (exact) mass is 286 g/mol. The molecular weight excluding hydrogens is 264 g/mol. The third-order valence-electron chi connectivity index (χ3n) is 3.60. The van der Waals surface area contributed by atoms with Crippen LogP contribution in [0.2, 0.25) is 0 Å². The minimum absolute atomic E-state index is 0.871. The van der Waals surface area contributed by atoms with Crippen LogP contribution >= 0.6 is 15.9 Å². The molecule has 2 nitrogen and oxygen atoms in total. The van der Waals surface area contributed by atoms with Crippen molar-refractivity contribution in [3.8, 4) is 0 Å². The van der Waals surface area contributed by atoms with E-state index in [4.69, 9.17) is 0 Å². The summed E-state index contributed by atoms with van der Waals surface area (Å²) in [7, 11) is 2.28. The number of halogens is 1. The minimum atomic E-state index is 0.871. The smallest absolute Gasteiger partial charge is 0.0294 e. The Bertz CT molecular complexity index is 250. The van der Waals surface area contributed by atoms with Gasteiger partial charge in [0, 0.05) is 30.7 Å². The van der Waals surface area contributed by atoms with E-state index in [0.717, 1.165) is 22.9 Å². The van der Waals surface area contributed by atoms with Gasteiger partial charge in [-0.3, -0.25) is 4.90 Å². The average Bonchev–Trinajstić information content (AvgIpc) is 2.87. The molecule has 1 unspecified atom stereocenters. The van der Waals surface area contributed by atoms with Crippen molar-refractivity contribution in [3.05, 3.63) is 11.1 Å². The summed E-state index contributed by atoms with van der Waals surface area (Å²) in [5.74, 6) is 1.89. The van der Waals surface area contributed by atoms with Crippen LogP contribution in [0, 0.1) is 11.8 Å². The molecule has 1 atom stereocenters. The molecule has 3 heteroatoms. The molecule has 2 fully saturated rings. The summed E-state index contributed by atoms with van der Waals surface area (Å²) in [6, 6.07) is 0. The zero-order valence-corrected chi connectivity index (χ0v) is 11.9. The highest BCUT2D eigenvalue weighted by atomic mass is 79.9. The van der Waals surface area contributed by atoms with Gasteiger partial charge in [-0.15, -0.1) is 0 Å². The van der Waals surface area contributed by atoms with E-state index in [0.29, 0.717) is 0 Å². The van der Waals surface area contributed by atoms with E-state index in [1.165, 1.54) is 45.4 Å². The van der Waals surface area contributed by atoms with Crippen LogP contribution in [-0.4, -0.2) is 49.6 Å². The molecule has 0 aromatic carbocycles. The van der Waals surface area contributed by atoms with Gasteiger partial charge >= 0.3 is 0 Å². The van der Waals surface area contributed by atoms with Crippen molar-refractivity contribution in [1.82, 2.24) is 9.80 Å². The Morgan fingerprint density at radius 3 is 2.62 bits per heavy atom. The van der Waals surface area contributed by atoms with E-state index >= 15 is 0 Å². The zero-order valence-electron chi connectivity index (χ0n) is 10.3. The summed E-state index contributed by atoms with van der Waals surface area (Å²) in [5, 5.41) is 0. The van der Waals surface area contributed by atoms with Gasteiger partial charge in [0.1, 0.15) is 0 Å². The molecule has 1 aliphatic heterocycles. The molecule has 0 amide bonds. The molecule has 0 spiro atoms. The SMILES string of the molecule is C=C(Br)CN1CCC(CN(C)CC2CC2)C1. The van der Waals surface area contributed by atoms with Crippen molar-refractivity contribution < 1.29 is 0 Å². The van der Waals surface area contributed by atoms with Crippen LogP contribution in [0.4, 0.5) is 0 Å². The third kappa shape index (κ3) is 4.19. The van der Waals surface area contributed by atoms with Gasteiger partial charge in [0.05, 0.1) is 0 Å². The normalized spacial score (nSPS) is 26.6. The third-order valence-corrected chi connectivity index (χ3v) is 3.85. The van der Waals surface area contributed by atoms with E-state index in [1.807, 2.05) is 0 Å². The summed E-state index contributed by atoms with van der Waals surface area (Å²) >= 11 is 3.45. The lowest BCUT2D eigenvalue weighted by Crippen LogP contribution is -2.30. The number of rotatable bonds is 6. The van der Waals surface area contributed by atoms with Gasteiger partial charge in [-0.05, 0) is 44.7 Å². The molecule has 0 bridgehead atoms. The maximum Gasteiger partial charge on any atom is 0.0294 e. The van der Waals surface area contributed by atoms with Crippen LogP contribution in [-0.2, 0) is 0 Å². The van der Waals surface area contributed by atoms with Crippen molar-refractivity contribution in [2.75, 3.05) is 39.8 Å². The Balaban J connectivity index is 1.65. The number of hydrogen-bond donors (Lipinski definition) is 0. The molecule has 0 N–H and O–H groups in total. The lowest BCUT2D eigenvalue weighted by Gasteiger charge is -2.21. The fraction of sp³-hybridized carbons (Fsp3) is 0.846. The first-order valence-electron chi connectivity index (χ1n) is 6.37. The Hall–Kier alpha value is 0.140. The number of likely N-dealkylation sites (tertiary alicyclic amines) is 1. The molecule has 2 aliphatic rings. The molecule has 1 heterocycles. The van der Waals surface area contributed by atoms with Crippen molar-refractivity contribution >= 4 is 15.9 Å². The molecule has 1 saturated carbocycles. The topological polar surface area (TPSA) is 6.48 Å². The maximum atomic E-state index is 3.92. The van der Waals surface area contributed by atoms with Crippen molar-refractivity contribution in [2.24, 2.45) is 11.8 Å². The Kier molecular flexibility index (Phi) is 4.45. The van der Waals surface area contributed by atoms with Crippen LogP contribution in [0.5, 0.6) is 0 Å². The van der Waals surface area contributed by atoms with E-state index in [-0.39, 0.29) is 0 Å². The molecule has 92 valence electrons. The molecule has 0 radical (unpaired) electrons. The maximum absolute atomic E-state index is 3.92. The number of hydrogen-bond acceptors (Lipinski definition) is 2. The summed E-state index contributed by atoms with van der Waals surface area (Å²) in [6.45, 7) is 10.0. The standard InChI is InChI=1S/C13H23BrN2/c1-11(14)7-16-6-5-13(10-16)9-15(2)8-12-3-4-12/h12-13H,1,3-10H2,2H3. The van der Waals surface area contributed by atoms with Crippen molar-refractivity contribution in [3.63, 3.8) is 0 Å². The average molecular weight is 287 g/mol. The largest absolute Gasteiger partial charge is 0.306 e. The second-order valence-corrected chi connectivity index (χ2v) is 6.69. The number of nitrogens with zero attached hydrogens (tertiary/aromatic N) is 2. The van der Waals surface area contributed by atoms with E-state index in [1.54, 1.807) is 0 Å². The molecule has 1 saturated heterocycles. The quantitative estimate of drug-likeness (QED) is 0.741. The molecule has 16 heavy (non-hydrogen) atoms. The first-order valence-corrected chi connectivity index (χ1v) is 7.17. The first-order chi connectivity index (χ1) is 7.63. The Morgan fingerprint density at radius 1 is 1.31 bits per heavy atom. The fourth-order valence-corrected chi connectivity index (χ4v) is 3.06. The molecule has 2 rings (SSSR count). The lowest BCUT2D eigenvalue weighted by atomic mass is 10.1.